The molecule has 0 aliphatic carbocycles. The van der Waals surface area contributed by atoms with Gasteiger partial charge in [0.2, 0.25) is 0 Å². The second kappa shape index (κ2) is 8.32. The summed E-state index contributed by atoms with van der Waals surface area (Å²) in [5.41, 5.74) is 1.06. The van der Waals surface area contributed by atoms with E-state index in [-0.39, 0.29) is 12.5 Å². The monoisotopic (exact) mass is 381 g/mol. The molecule has 0 atom stereocenters. The number of amides is 1. The molecule has 3 rings (SSSR count). The largest absolute Gasteiger partial charge is 0.486 e. The molecule has 0 aromatic heterocycles. The number of carbonyl (C=O) groups is 1. The lowest BCUT2D eigenvalue weighted by molar-refractivity contribution is -0.123. The molecule has 7 heteroatoms. The fraction of sp³-hybridized carbons (Fsp3) is 0.278. The molecule has 1 aliphatic heterocycles. The van der Waals surface area contributed by atoms with E-state index in [4.69, 9.17) is 37.4 Å². The van der Waals surface area contributed by atoms with Crippen LogP contribution in [0.2, 0.25) is 10.0 Å². The molecule has 1 heterocycles. The normalized spacial score (nSPS) is 12.6. The summed E-state index contributed by atoms with van der Waals surface area (Å²) in [6.07, 6.45) is 0.685. The van der Waals surface area contributed by atoms with Crippen LogP contribution < -0.4 is 19.5 Å². The maximum absolute atomic E-state index is 11.9. The van der Waals surface area contributed by atoms with Crippen LogP contribution in [-0.2, 0) is 11.2 Å². The molecule has 0 fully saturated rings. The van der Waals surface area contributed by atoms with E-state index in [0.29, 0.717) is 42.0 Å². The smallest absolute Gasteiger partial charge is 0.257 e. The Kier molecular flexibility index (Phi) is 5.89. The standard InChI is InChI=1S/C18H17Cl2NO4/c19-13-2-4-15(14(20)10-13)25-11-18(22)21-6-5-12-1-3-16-17(9-12)24-8-7-23-16/h1-4,9-10H,5-8,11H2,(H,21,22). The molecule has 0 unspecified atom stereocenters. The van der Waals surface area contributed by atoms with Gasteiger partial charge in [0, 0.05) is 11.6 Å². The van der Waals surface area contributed by atoms with Crippen molar-refractivity contribution in [3.05, 3.63) is 52.0 Å². The van der Waals surface area contributed by atoms with Crippen LogP contribution in [0.4, 0.5) is 0 Å². The molecule has 2 aromatic carbocycles. The summed E-state index contributed by atoms with van der Waals surface area (Å²) in [6, 6.07) is 10.6. The topological polar surface area (TPSA) is 56.8 Å². The van der Waals surface area contributed by atoms with E-state index in [1.165, 1.54) is 0 Å². The number of carbonyl (C=O) groups excluding carboxylic acids is 1. The number of ether oxygens (including phenoxy) is 3. The van der Waals surface area contributed by atoms with Gasteiger partial charge in [-0.25, -0.2) is 0 Å². The van der Waals surface area contributed by atoms with E-state index < -0.39 is 0 Å². The minimum atomic E-state index is -0.219. The first-order chi connectivity index (χ1) is 12.1. The Morgan fingerprint density at radius 2 is 1.88 bits per heavy atom. The molecule has 5 nitrogen and oxygen atoms in total. The predicted octanol–water partition coefficient (Wildman–Crippen LogP) is 3.50. The second-order valence-corrected chi connectivity index (χ2v) is 6.29. The molecule has 0 spiro atoms. The van der Waals surface area contributed by atoms with Gasteiger partial charge in [-0.3, -0.25) is 4.79 Å². The van der Waals surface area contributed by atoms with Gasteiger partial charge in [0.25, 0.3) is 5.91 Å². The van der Waals surface area contributed by atoms with Gasteiger partial charge < -0.3 is 19.5 Å². The van der Waals surface area contributed by atoms with Gasteiger partial charge in [0.1, 0.15) is 19.0 Å². The molecular formula is C18H17Cl2NO4. The third kappa shape index (κ3) is 4.94. The molecule has 2 aromatic rings. The molecule has 0 bridgehead atoms. The highest BCUT2D eigenvalue weighted by atomic mass is 35.5. The number of benzene rings is 2. The zero-order valence-electron chi connectivity index (χ0n) is 13.4. The van der Waals surface area contributed by atoms with Crippen molar-refractivity contribution in [3.63, 3.8) is 0 Å². The Labute approximate surface area is 155 Å². The summed E-state index contributed by atoms with van der Waals surface area (Å²) in [4.78, 5) is 11.9. The van der Waals surface area contributed by atoms with Crippen molar-refractivity contribution in [2.45, 2.75) is 6.42 Å². The minimum Gasteiger partial charge on any atom is -0.486 e. The van der Waals surface area contributed by atoms with Gasteiger partial charge in [-0.1, -0.05) is 29.3 Å². The Bertz CT molecular complexity index is 767. The first-order valence-corrected chi connectivity index (χ1v) is 8.60. The summed E-state index contributed by atoms with van der Waals surface area (Å²) in [5, 5.41) is 3.69. The van der Waals surface area contributed by atoms with Gasteiger partial charge >= 0.3 is 0 Å². The van der Waals surface area contributed by atoms with Gasteiger partial charge in [-0.15, -0.1) is 0 Å². The van der Waals surface area contributed by atoms with Crippen LogP contribution in [0, 0.1) is 0 Å². The van der Waals surface area contributed by atoms with Crippen molar-refractivity contribution < 1.29 is 19.0 Å². The quantitative estimate of drug-likeness (QED) is 0.831. The minimum absolute atomic E-state index is 0.109. The maximum Gasteiger partial charge on any atom is 0.257 e. The van der Waals surface area contributed by atoms with E-state index in [1.54, 1.807) is 18.2 Å². The summed E-state index contributed by atoms with van der Waals surface area (Å²) < 4.78 is 16.4. The summed E-state index contributed by atoms with van der Waals surface area (Å²) in [7, 11) is 0. The number of nitrogens with one attached hydrogen (secondary N) is 1. The summed E-state index contributed by atoms with van der Waals surface area (Å²) >= 11 is 11.8. The fourth-order valence-corrected chi connectivity index (χ4v) is 2.84. The van der Waals surface area contributed by atoms with Crippen LogP contribution in [0.5, 0.6) is 17.2 Å². The average molecular weight is 382 g/mol. The van der Waals surface area contributed by atoms with Crippen molar-refractivity contribution in [2.75, 3.05) is 26.4 Å². The molecule has 0 saturated heterocycles. The highest BCUT2D eigenvalue weighted by molar-refractivity contribution is 6.35. The van der Waals surface area contributed by atoms with Crippen molar-refractivity contribution in [1.29, 1.82) is 0 Å². The SMILES string of the molecule is O=C(COc1ccc(Cl)cc1Cl)NCCc1ccc2c(c1)OCCO2. The number of fused-ring (bicyclic) bond motifs is 1. The second-order valence-electron chi connectivity index (χ2n) is 5.44. The lowest BCUT2D eigenvalue weighted by Crippen LogP contribution is -2.30. The average Bonchev–Trinajstić information content (AvgIpc) is 2.61. The van der Waals surface area contributed by atoms with Crippen molar-refractivity contribution in [3.8, 4) is 17.2 Å². The first kappa shape index (κ1) is 17.7. The van der Waals surface area contributed by atoms with Gasteiger partial charge in [-0.05, 0) is 42.3 Å². The molecule has 0 saturated carbocycles. The molecular weight excluding hydrogens is 365 g/mol. The first-order valence-electron chi connectivity index (χ1n) is 7.85. The molecule has 1 N–H and O–H groups in total. The third-order valence-corrected chi connectivity index (χ3v) is 4.13. The van der Waals surface area contributed by atoms with Crippen molar-refractivity contribution >= 4 is 29.1 Å². The van der Waals surface area contributed by atoms with Crippen LogP contribution in [-0.4, -0.2) is 32.3 Å². The van der Waals surface area contributed by atoms with Crippen molar-refractivity contribution in [2.24, 2.45) is 0 Å². The van der Waals surface area contributed by atoms with E-state index >= 15 is 0 Å². The molecule has 0 radical (unpaired) electrons. The molecule has 25 heavy (non-hydrogen) atoms. The van der Waals surface area contributed by atoms with E-state index in [1.807, 2.05) is 18.2 Å². The van der Waals surface area contributed by atoms with Crippen LogP contribution >= 0.6 is 23.2 Å². The Morgan fingerprint density at radius 3 is 2.68 bits per heavy atom. The highest BCUT2D eigenvalue weighted by Gasteiger charge is 2.12. The van der Waals surface area contributed by atoms with E-state index in [0.717, 1.165) is 17.1 Å². The third-order valence-electron chi connectivity index (χ3n) is 3.60. The van der Waals surface area contributed by atoms with Gasteiger partial charge in [0.05, 0.1) is 5.02 Å². The van der Waals surface area contributed by atoms with E-state index in [9.17, 15) is 4.79 Å². The molecule has 132 valence electrons. The number of halogens is 2. The number of hydrogen-bond donors (Lipinski definition) is 1. The predicted molar refractivity (Wildman–Crippen MR) is 96.1 cm³/mol. The van der Waals surface area contributed by atoms with Gasteiger partial charge in [-0.2, -0.15) is 0 Å². The number of hydrogen-bond acceptors (Lipinski definition) is 4. The zero-order valence-corrected chi connectivity index (χ0v) is 14.9. The Morgan fingerprint density at radius 1 is 1.08 bits per heavy atom. The van der Waals surface area contributed by atoms with Crippen LogP contribution in [0.25, 0.3) is 0 Å². The fourth-order valence-electron chi connectivity index (χ4n) is 2.38. The lowest BCUT2D eigenvalue weighted by atomic mass is 10.1. The van der Waals surface area contributed by atoms with Crippen molar-refractivity contribution in [1.82, 2.24) is 5.32 Å². The highest BCUT2D eigenvalue weighted by Crippen LogP contribution is 2.30. The van der Waals surface area contributed by atoms with Crippen LogP contribution in [0.1, 0.15) is 5.56 Å². The molecule has 1 aliphatic rings. The Hall–Kier alpha value is -2.11. The molecule has 1 amide bonds. The van der Waals surface area contributed by atoms with Gasteiger partial charge in [0.15, 0.2) is 18.1 Å². The van der Waals surface area contributed by atoms with E-state index in [2.05, 4.69) is 5.32 Å². The number of rotatable bonds is 6. The Balaban J connectivity index is 1.43. The van der Waals surface area contributed by atoms with Crippen LogP contribution in [0.15, 0.2) is 36.4 Å². The van der Waals surface area contributed by atoms with Crippen LogP contribution in [0.3, 0.4) is 0 Å². The lowest BCUT2D eigenvalue weighted by Gasteiger charge is -2.18. The zero-order chi connectivity index (χ0) is 17.6. The summed E-state index contributed by atoms with van der Waals surface area (Å²) in [6.45, 7) is 1.51. The summed E-state index contributed by atoms with van der Waals surface area (Å²) in [5.74, 6) is 1.71. The maximum atomic E-state index is 11.9.